The van der Waals surface area contributed by atoms with Crippen molar-refractivity contribution < 1.29 is 13.9 Å². The highest BCUT2D eigenvalue weighted by atomic mass is 19.3. The first-order chi connectivity index (χ1) is 5.99. The van der Waals surface area contributed by atoms with E-state index >= 15 is 0 Å². The summed E-state index contributed by atoms with van der Waals surface area (Å²) in [6, 6.07) is 0. The maximum absolute atomic E-state index is 13.1. The Morgan fingerprint density at radius 1 is 1.38 bits per heavy atom. The quantitative estimate of drug-likeness (QED) is 0.734. The molecule has 1 heterocycles. The molecule has 1 saturated heterocycles. The van der Waals surface area contributed by atoms with Crippen LogP contribution in [0.4, 0.5) is 8.78 Å². The molecular formula is C9H17F2NO. The molecule has 0 amide bonds. The van der Waals surface area contributed by atoms with Gasteiger partial charge in [0.2, 0.25) is 0 Å². The molecule has 13 heavy (non-hydrogen) atoms. The predicted octanol–water partition coefficient (Wildman–Crippen LogP) is 1.49. The first kappa shape index (κ1) is 10.9. The largest absolute Gasteiger partial charge is 0.394 e. The highest BCUT2D eigenvalue weighted by molar-refractivity contribution is 5.01. The second-order valence-electron chi connectivity index (χ2n) is 3.78. The maximum Gasteiger partial charge on any atom is 0.262 e. The standard InChI is InChI=1S/C9H17F2NO/c1-3-8(7-13)5-9(10,11)6-12(8)4-2/h13H,3-7H2,1-2H3. The van der Waals surface area contributed by atoms with Gasteiger partial charge in [-0.25, -0.2) is 8.78 Å². The molecule has 1 aliphatic rings. The fourth-order valence-corrected chi connectivity index (χ4v) is 2.16. The molecule has 1 N–H and O–H groups in total. The van der Waals surface area contributed by atoms with E-state index in [1.807, 2.05) is 13.8 Å². The lowest BCUT2D eigenvalue weighted by molar-refractivity contribution is 0.00972. The summed E-state index contributed by atoms with van der Waals surface area (Å²) in [6.07, 6.45) is 0.369. The predicted molar refractivity (Wildman–Crippen MR) is 46.9 cm³/mol. The van der Waals surface area contributed by atoms with E-state index in [9.17, 15) is 13.9 Å². The van der Waals surface area contributed by atoms with Crippen molar-refractivity contribution in [2.75, 3.05) is 19.7 Å². The van der Waals surface area contributed by atoms with Crippen molar-refractivity contribution in [2.45, 2.75) is 38.2 Å². The zero-order valence-electron chi connectivity index (χ0n) is 8.19. The van der Waals surface area contributed by atoms with Crippen LogP contribution in [0.2, 0.25) is 0 Å². The molecule has 0 aromatic rings. The number of halogens is 2. The number of hydrogen-bond donors (Lipinski definition) is 1. The third-order valence-electron chi connectivity index (χ3n) is 3.01. The minimum Gasteiger partial charge on any atom is -0.394 e. The highest BCUT2D eigenvalue weighted by Crippen LogP contribution is 2.40. The Hall–Kier alpha value is -0.220. The average Bonchev–Trinajstić information content (AvgIpc) is 2.37. The maximum atomic E-state index is 13.1. The Morgan fingerprint density at radius 2 is 2.00 bits per heavy atom. The van der Waals surface area contributed by atoms with Crippen LogP contribution < -0.4 is 0 Å². The summed E-state index contributed by atoms with van der Waals surface area (Å²) in [5, 5.41) is 9.18. The second kappa shape index (κ2) is 3.50. The van der Waals surface area contributed by atoms with Gasteiger partial charge < -0.3 is 5.11 Å². The van der Waals surface area contributed by atoms with Gasteiger partial charge in [0, 0.05) is 12.0 Å². The summed E-state index contributed by atoms with van der Waals surface area (Å²) in [5.41, 5.74) is -0.682. The molecule has 1 atom stereocenters. The van der Waals surface area contributed by atoms with Gasteiger partial charge in [0.25, 0.3) is 5.92 Å². The second-order valence-corrected chi connectivity index (χ2v) is 3.78. The van der Waals surface area contributed by atoms with Crippen molar-refractivity contribution in [2.24, 2.45) is 0 Å². The van der Waals surface area contributed by atoms with Gasteiger partial charge in [-0.05, 0) is 13.0 Å². The third kappa shape index (κ3) is 1.83. The molecule has 0 radical (unpaired) electrons. The Labute approximate surface area is 77.5 Å². The van der Waals surface area contributed by atoms with Crippen molar-refractivity contribution in [3.8, 4) is 0 Å². The van der Waals surface area contributed by atoms with E-state index in [0.29, 0.717) is 13.0 Å². The molecule has 1 unspecified atom stereocenters. The minimum absolute atomic E-state index is 0.174. The van der Waals surface area contributed by atoms with E-state index < -0.39 is 11.5 Å². The van der Waals surface area contributed by atoms with E-state index in [1.54, 1.807) is 4.90 Å². The van der Waals surface area contributed by atoms with E-state index in [1.165, 1.54) is 0 Å². The lowest BCUT2D eigenvalue weighted by Crippen LogP contribution is -2.46. The summed E-state index contributed by atoms with van der Waals surface area (Å²) >= 11 is 0. The van der Waals surface area contributed by atoms with Crippen LogP contribution in [-0.4, -0.2) is 41.2 Å². The van der Waals surface area contributed by atoms with Gasteiger partial charge in [0.1, 0.15) is 0 Å². The number of rotatable bonds is 3. The number of alkyl halides is 2. The monoisotopic (exact) mass is 193 g/mol. The van der Waals surface area contributed by atoms with Gasteiger partial charge in [0.05, 0.1) is 13.2 Å². The summed E-state index contributed by atoms with van der Waals surface area (Å²) < 4.78 is 26.2. The first-order valence-electron chi connectivity index (χ1n) is 4.73. The van der Waals surface area contributed by atoms with Crippen LogP contribution >= 0.6 is 0 Å². The topological polar surface area (TPSA) is 23.5 Å². The molecule has 1 fully saturated rings. The molecule has 0 bridgehead atoms. The molecule has 0 spiro atoms. The molecule has 0 saturated carbocycles. The van der Waals surface area contributed by atoms with Gasteiger partial charge in [0.15, 0.2) is 0 Å². The number of aliphatic hydroxyl groups is 1. The van der Waals surface area contributed by atoms with Crippen LogP contribution in [0.15, 0.2) is 0 Å². The van der Waals surface area contributed by atoms with Crippen LogP contribution in [0.5, 0.6) is 0 Å². The Morgan fingerprint density at radius 3 is 2.31 bits per heavy atom. The fourth-order valence-electron chi connectivity index (χ4n) is 2.16. The summed E-state index contributed by atoms with van der Waals surface area (Å²) in [7, 11) is 0. The summed E-state index contributed by atoms with van der Waals surface area (Å²) in [6.45, 7) is 3.89. The van der Waals surface area contributed by atoms with Crippen LogP contribution in [0.1, 0.15) is 26.7 Å². The smallest absolute Gasteiger partial charge is 0.262 e. The molecule has 0 aliphatic carbocycles. The summed E-state index contributed by atoms with van der Waals surface area (Å²) in [5.74, 6) is -2.63. The lowest BCUT2D eigenvalue weighted by Gasteiger charge is -2.34. The molecule has 1 aliphatic heterocycles. The Kier molecular flexibility index (Phi) is 2.92. The first-order valence-corrected chi connectivity index (χ1v) is 4.73. The zero-order chi connectivity index (χ0) is 10.1. The molecule has 0 aromatic carbocycles. The number of nitrogens with zero attached hydrogens (tertiary/aromatic N) is 1. The van der Waals surface area contributed by atoms with Gasteiger partial charge in [-0.15, -0.1) is 0 Å². The Balaban J connectivity index is 2.83. The van der Waals surface area contributed by atoms with Crippen LogP contribution in [0.25, 0.3) is 0 Å². The number of likely N-dealkylation sites (N-methyl/N-ethyl adjacent to an activating group) is 1. The van der Waals surface area contributed by atoms with Crippen molar-refractivity contribution in [3.63, 3.8) is 0 Å². The van der Waals surface area contributed by atoms with Crippen LogP contribution in [-0.2, 0) is 0 Å². The number of aliphatic hydroxyl groups excluding tert-OH is 1. The van der Waals surface area contributed by atoms with Crippen LogP contribution in [0, 0.1) is 0 Å². The minimum atomic E-state index is -2.63. The summed E-state index contributed by atoms with van der Waals surface area (Å²) in [4.78, 5) is 1.69. The Bertz CT molecular complexity index is 180. The average molecular weight is 193 g/mol. The number of hydrogen-bond acceptors (Lipinski definition) is 2. The normalized spacial score (nSPS) is 33.9. The van der Waals surface area contributed by atoms with Crippen LogP contribution in [0.3, 0.4) is 0 Å². The molecule has 78 valence electrons. The highest BCUT2D eigenvalue weighted by Gasteiger charge is 2.52. The van der Waals surface area contributed by atoms with E-state index in [4.69, 9.17) is 0 Å². The van der Waals surface area contributed by atoms with Gasteiger partial charge >= 0.3 is 0 Å². The van der Waals surface area contributed by atoms with Crippen molar-refractivity contribution in [1.29, 1.82) is 0 Å². The SMILES string of the molecule is CCN1CC(F)(F)CC1(CC)CO. The van der Waals surface area contributed by atoms with Crippen molar-refractivity contribution in [1.82, 2.24) is 4.90 Å². The molecule has 0 aromatic heterocycles. The van der Waals surface area contributed by atoms with E-state index in [-0.39, 0.29) is 19.6 Å². The zero-order valence-corrected chi connectivity index (χ0v) is 8.19. The van der Waals surface area contributed by atoms with Gasteiger partial charge in [-0.3, -0.25) is 4.90 Å². The lowest BCUT2D eigenvalue weighted by atomic mass is 9.93. The molecule has 4 heteroatoms. The third-order valence-corrected chi connectivity index (χ3v) is 3.01. The van der Waals surface area contributed by atoms with E-state index in [2.05, 4.69) is 0 Å². The van der Waals surface area contributed by atoms with Crippen molar-refractivity contribution in [3.05, 3.63) is 0 Å². The molecule has 2 nitrogen and oxygen atoms in total. The van der Waals surface area contributed by atoms with Gasteiger partial charge in [-0.2, -0.15) is 0 Å². The molecule has 1 rings (SSSR count). The fraction of sp³-hybridized carbons (Fsp3) is 1.00. The van der Waals surface area contributed by atoms with Gasteiger partial charge in [-0.1, -0.05) is 13.8 Å². The number of likely N-dealkylation sites (tertiary alicyclic amines) is 1. The van der Waals surface area contributed by atoms with E-state index in [0.717, 1.165) is 0 Å². The molecular weight excluding hydrogens is 176 g/mol. The van der Waals surface area contributed by atoms with Crippen molar-refractivity contribution >= 4 is 0 Å².